The van der Waals surface area contributed by atoms with Crippen LogP contribution < -0.4 is 4.90 Å². The highest BCUT2D eigenvalue weighted by molar-refractivity contribution is 5.91. The SMILES string of the molecule is CCCCC(CC)Cc1c(N(C)C)ccc(C(=O)O)c1CC(C#N)C(CC)CCC. The Hall–Kier alpha value is -2.02. The van der Waals surface area contributed by atoms with Crippen molar-refractivity contribution in [2.75, 3.05) is 19.0 Å². The molecule has 168 valence electrons. The first-order valence-electron chi connectivity index (χ1n) is 11.8. The lowest BCUT2D eigenvalue weighted by Gasteiger charge is -2.27. The first-order chi connectivity index (χ1) is 14.3. The molecule has 1 aromatic carbocycles. The second kappa shape index (κ2) is 13.3. The lowest BCUT2D eigenvalue weighted by atomic mass is 9.79. The molecule has 0 radical (unpaired) electrons. The molecule has 1 N–H and O–H groups in total. The number of carbonyl (C=O) groups is 1. The van der Waals surface area contributed by atoms with Crippen molar-refractivity contribution in [2.45, 2.75) is 85.5 Å². The molecule has 0 bridgehead atoms. The highest BCUT2D eigenvalue weighted by Crippen LogP contribution is 2.34. The average molecular weight is 415 g/mol. The van der Waals surface area contributed by atoms with Crippen molar-refractivity contribution < 1.29 is 9.90 Å². The van der Waals surface area contributed by atoms with E-state index in [-0.39, 0.29) is 5.92 Å². The van der Waals surface area contributed by atoms with Crippen LogP contribution in [0, 0.1) is 29.1 Å². The van der Waals surface area contributed by atoms with Crippen molar-refractivity contribution in [3.05, 3.63) is 28.8 Å². The summed E-state index contributed by atoms with van der Waals surface area (Å²) in [6.07, 6.45) is 9.01. The lowest BCUT2D eigenvalue weighted by molar-refractivity contribution is 0.0695. The number of nitrogens with zero attached hydrogens (tertiary/aromatic N) is 2. The predicted octanol–water partition coefficient (Wildman–Crippen LogP) is 6.72. The van der Waals surface area contributed by atoms with Crippen molar-refractivity contribution in [1.29, 1.82) is 5.26 Å². The standard InChI is InChI=1S/C26H42N2O2/c1-7-11-13-19(9-3)16-24-23(17-21(18-27)20(10-4)12-8-2)22(26(29)30)14-15-25(24)28(5)6/h14-15,19-21H,7-13,16-17H2,1-6H3,(H,29,30). The van der Waals surface area contributed by atoms with Crippen LogP contribution in [0.1, 0.15) is 94.1 Å². The fourth-order valence-corrected chi connectivity index (χ4v) is 4.59. The van der Waals surface area contributed by atoms with Gasteiger partial charge in [-0.2, -0.15) is 5.26 Å². The largest absolute Gasteiger partial charge is 0.478 e. The van der Waals surface area contributed by atoms with Gasteiger partial charge in [0.25, 0.3) is 0 Å². The van der Waals surface area contributed by atoms with Gasteiger partial charge in [0.15, 0.2) is 0 Å². The van der Waals surface area contributed by atoms with Gasteiger partial charge in [0, 0.05) is 19.8 Å². The first kappa shape index (κ1) is 26.0. The minimum absolute atomic E-state index is 0.153. The molecule has 0 spiro atoms. The van der Waals surface area contributed by atoms with Crippen molar-refractivity contribution in [1.82, 2.24) is 0 Å². The topological polar surface area (TPSA) is 64.3 Å². The summed E-state index contributed by atoms with van der Waals surface area (Å²) in [7, 11) is 4.04. The van der Waals surface area contributed by atoms with Crippen LogP contribution in [0.25, 0.3) is 0 Å². The van der Waals surface area contributed by atoms with E-state index < -0.39 is 5.97 Å². The lowest BCUT2D eigenvalue weighted by Crippen LogP contribution is -2.21. The molecule has 0 aliphatic carbocycles. The van der Waals surface area contributed by atoms with E-state index in [2.05, 4.69) is 38.7 Å². The predicted molar refractivity (Wildman–Crippen MR) is 126 cm³/mol. The number of nitriles is 1. The Morgan fingerprint density at radius 3 is 2.20 bits per heavy atom. The highest BCUT2D eigenvalue weighted by atomic mass is 16.4. The molecule has 1 rings (SSSR count). The molecule has 0 saturated heterocycles. The van der Waals surface area contributed by atoms with Crippen LogP contribution in [0.4, 0.5) is 5.69 Å². The molecule has 0 fully saturated rings. The van der Waals surface area contributed by atoms with Crippen LogP contribution in [0.15, 0.2) is 12.1 Å². The molecule has 1 aromatic rings. The molecule has 0 heterocycles. The summed E-state index contributed by atoms with van der Waals surface area (Å²) >= 11 is 0. The quantitative estimate of drug-likeness (QED) is 0.367. The summed E-state index contributed by atoms with van der Waals surface area (Å²) in [6, 6.07) is 6.20. The zero-order valence-electron chi connectivity index (χ0n) is 20.0. The van der Waals surface area contributed by atoms with Gasteiger partial charge in [-0.3, -0.25) is 0 Å². The maximum absolute atomic E-state index is 12.1. The van der Waals surface area contributed by atoms with Crippen LogP contribution in [-0.2, 0) is 12.8 Å². The summed E-state index contributed by atoms with van der Waals surface area (Å²) in [5.74, 6) is -0.206. The number of rotatable bonds is 14. The molecule has 0 amide bonds. The second-order valence-electron chi connectivity index (χ2n) is 8.81. The van der Waals surface area contributed by atoms with E-state index in [1.165, 1.54) is 12.8 Å². The molecular formula is C26H42N2O2. The molecule has 0 saturated carbocycles. The van der Waals surface area contributed by atoms with Crippen LogP contribution in [0.2, 0.25) is 0 Å². The zero-order chi connectivity index (χ0) is 22.7. The number of carboxylic acid groups (broad SMARTS) is 1. The van der Waals surface area contributed by atoms with E-state index in [0.717, 1.165) is 55.3 Å². The molecule has 4 heteroatoms. The highest BCUT2D eigenvalue weighted by Gasteiger charge is 2.26. The number of carboxylic acids is 1. The van der Waals surface area contributed by atoms with E-state index >= 15 is 0 Å². The Kier molecular flexibility index (Phi) is 11.5. The Labute approximate surface area is 184 Å². The normalized spacial score (nSPS) is 14.0. The fourth-order valence-electron chi connectivity index (χ4n) is 4.59. The third-order valence-electron chi connectivity index (χ3n) is 6.50. The Morgan fingerprint density at radius 2 is 1.73 bits per heavy atom. The van der Waals surface area contributed by atoms with E-state index in [4.69, 9.17) is 0 Å². The summed E-state index contributed by atoms with van der Waals surface area (Å²) in [4.78, 5) is 14.2. The van der Waals surface area contributed by atoms with E-state index in [1.807, 2.05) is 20.2 Å². The van der Waals surface area contributed by atoms with Crippen LogP contribution in [-0.4, -0.2) is 25.2 Å². The molecule has 0 aliphatic rings. The summed E-state index contributed by atoms with van der Waals surface area (Å²) in [5, 5.41) is 19.9. The van der Waals surface area contributed by atoms with Crippen molar-refractivity contribution in [3.8, 4) is 6.07 Å². The van der Waals surface area contributed by atoms with E-state index in [9.17, 15) is 15.2 Å². The van der Waals surface area contributed by atoms with Crippen LogP contribution >= 0.6 is 0 Å². The zero-order valence-corrected chi connectivity index (χ0v) is 20.0. The Morgan fingerprint density at radius 1 is 1.03 bits per heavy atom. The molecular weight excluding hydrogens is 372 g/mol. The minimum Gasteiger partial charge on any atom is -0.478 e. The maximum Gasteiger partial charge on any atom is 0.335 e. The number of benzene rings is 1. The monoisotopic (exact) mass is 414 g/mol. The van der Waals surface area contributed by atoms with Gasteiger partial charge in [-0.15, -0.1) is 0 Å². The molecule has 3 atom stereocenters. The van der Waals surface area contributed by atoms with Gasteiger partial charge < -0.3 is 10.0 Å². The molecule has 0 aliphatic heterocycles. The molecule has 30 heavy (non-hydrogen) atoms. The summed E-state index contributed by atoms with van der Waals surface area (Å²) in [6.45, 7) is 8.72. The van der Waals surface area contributed by atoms with Crippen molar-refractivity contribution >= 4 is 11.7 Å². The van der Waals surface area contributed by atoms with Crippen LogP contribution in [0.3, 0.4) is 0 Å². The number of aromatic carboxylic acids is 1. The third-order valence-corrected chi connectivity index (χ3v) is 6.50. The summed E-state index contributed by atoms with van der Waals surface area (Å²) < 4.78 is 0. The first-order valence-corrected chi connectivity index (χ1v) is 11.8. The molecule has 4 nitrogen and oxygen atoms in total. The fraction of sp³-hybridized carbons (Fsp3) is 0.692. The number of unbranched alkanes of at least 4 members (excludes halogenated alkanes) is 1. The van der Waals surface area contributed by atoms with Gasteiger partial charge in [-0.25, -0.2) is 4.79 Å². The maximum atomic E-state index is 12.1. The van der Waals surface area contributed by atoms with Gasteiger partial charge in [-0.05, 0) is 54.4 Å². The second-order valence-corrected chi connectivity index (χ2v) is 8.81. The third kappa shape index (κ3) is 7.04. The van der Waals surface area contributed by atoms with Gasteiger partial charge in [-0.1, -0.05) is 66.2 Å². The summed E-state index contributed by atoms with van der Waals surface area (Å²) in [5.41, 5.74) is 3.47. The van der Waals surface area contributed by atoms with E-state index in [1.54, 1.807) is 6.07 Å². The van der Waals surface area contributed by atoms with Crippen molar-refractivity contribution in [3.63, 3.8) is 0 Å². The number of anilines is 1. The average Bonchev–Trinajstić information content (AvgIpc) is 2.73. The minimum atomic E-state index is -0.890. The number of hydrogen-bond acceptors (Lipinski definition) is 3. The van der Waals surface area contributed by atoms with Crippen molar-refractivity contribution in [2.24, 2.45) is 17.8 Å². The Balaban J connectivity index is 3.52. The molecule has 3 unspecified atom stereocenters. The molecule has 0 aromatic heterocycles. The Bertz CT molecular complexity index is 706. The smallest absolute Gasteiger partial charge is 0.335 e. The van der Waals surface area contributed by atoms with Gasteiger partial charge in [0.1, 0.15) is 0 Å². The van der Waals surface area contributed by atoms with Gasteiger partial charge in [0.2, 0.25) is 0 Å². The van der Waals surface area contributed by atoms with Gasteiger partial charge in [0.05, 0.1) is 17.6 Å². The van der Waals surface area contributed by atoms with E-state index in [0.29, 0.717) is 23.8 Å². The van der Waals surface area contributed by atoms with Gasteiger partial charge >= 0.3 is 5.97 Å². The number of hydrogen-bond donors (Lipinski definition) is 1. The van der Waals surface area contributed by atoms with Crippen LogP contribution in [0.5, 0.6) is 0 Å².